The van der Waals surface area contributed by atoms with E-state index in [0.29, 0.717) is 32.8 Å². The molecule has 26 heavy (non-hydrogen) atoms. The monoisotopic (exact) mass is 447 g/mol. The fourth-order valence-corrected chi connectivity index (χ4v) is 3.90. The Bertz CT molecular complexity index is 746. The molecule has 10 heteroatoms. The van der Waals surface area contributed by atoms with Crippen molar-refractivity contribution < 1.29 is 22.7 Å². The van der Waals surface area contributed by atoms with Gasteiger partial charge in [-0.1, -0.05) is 15.9 Å². The van der Waals surface area contributed by atoms with Crippen molar-refractivity contribution in [2.24, 2.45) is 0 Å². The lowest BCUT2D eigenvalue weighted by Crippen LogP contribution is -2.52. The van der Waals surface area contributed by atoms with Crippen LogP contribution in [0.4, 0.5) is 4.79 Å². The summed E-state index contributed by atoms with van der Waals surface area (Å²) in [4.78, 5) is 27.3. The van der Waals surface area contributed by atoms with Crippen LogP contribution in [0, 0.1) is 0 Å². The molecule has 0 atom stereocenters. The molecular weight excluding hydrogens is 426 g/mol. The lowest BCUT2D eigenvalue weighted by atomic mass is 10.3. The molecule has 0 N–H and O–H groups in total. The normalized spacial score (nSPS) is 15.2. The molecule has 1 aromatic rings. The maximum absolute atomic E-state index is 12.5. The van der Waals surface area contributed by atoms with Gasteiger partial charge in [0.1, 0.15) is 0 Å². The third-order valence-corrected chi connectivity index (χ3v) is 6.38. The second-order valence-electron chi connectivity index (χ2n) is 5.78. The first-order valence-corrected chi connectivity index (χ1v) is 10.4. The molecule has 0 saturated carbocycles. The van der Waals surface area contributed by atoms with Gasteiger partial charge >= 0.3 is 6.09 Å². The summed E-state index contributed by atoms with van der Waals surface area (Å²) in [5.41, 5.74) is 0. The fraction of sp³-hybridized carbons (Fsp3) is 0.500. The predicted octanol–water partition coefficient (Wildman–Crippen LogP) is 1.37. The van der Waals surface area contributed by atoms with E-state index in [1.54, 1.807) is 24.0 Å². The Morgan fingerprint density at radius 2 is 1.65 bits per heavy atom. The quantitative estimate of drug-likeness (QED) is 0.679. The number of ether oxygens (including phenoxy) is 1. The molecule has 8 nitrogen and oxygen atoms in total. The molecule has 1 saturated heterocycles. The van der Waals surface area contributed by atoms with Gasteiger partial charge in [0.2, 0.25) is 15.9 Å². The molecule has 0 aliphatic carbocycles. The average molecular weight is 448 g/mol. The van der Waals surface area contributed by atoms with Crippen molar-refractivity contribution in [2.45, 2.75) is 11.8 Å². The number of sulfonamides is 1. The van der Waals surface area contributed by atoms with Crippen molar-refractivity contribution in [1.29, 1.82) is 0 Å². The number of likely N-dealkylation sites (N-methyl/N-ethyl adjacent to an activating group) is 1. The topological polar surface area (TPSA) is 87.2 Å². The second kappa shape index (κ2) is 8.83. The highest BCUT2D eigenvalue weighted by Gasteiger charge is 2.28. The van der Waals surface area contributed by atoms with Crippen LogP contribution in [-0.2, 0) is 19.6 Å². The number of carbonyl (C=O) groups excluding carboxylic acids is 2. The highest BCUT2D eigenvalue weighted by atomic mass is 79.9. The third-order valence-electron chi connectivity index (χ3n) is 4.04. The van der Waals surface area contributed by atoms with Gasteiger partial charge in [-0.2, -0.15) is 4.31 Å². The van der Waals surface area contributed by atoms with Crippen molar-refractivity contribution in [3.05, 3.63) is 28.7 Å². The molecule has 1 aliphatic rings. The Morgan fingerprint density at radius 1 is 1.12 bits per heavy atom. The van der Waals surface area contributed by atoms with E-state index in [2.05, 4.69) is 15.9 Å². The number of hydrogen-bond donors (Lipinski definition) is 0. The van der Waals surface area contributed by atoms with Crippen LogP contribution in [0.5, 0.6) is 0 Å². The van der Waals surface area contributed by atoms with Crippen molar-refractivity contribution in [1.82, 2.24) is 14.1 Å². The molecule has 1 aliphatic heterocycles. The minimum atomic E-state index is -3.74. The number of rotatable bonds is 5. The van der Waals surface area contributed by atoms with E-state index in [1.807, 2.05) is 0 Å². The summed E-state index contributed by atoms with van der Waals surface area (Å²) in [7, 11) is -2.36. The molecule has 1 fully saturated rings. The Kier molecular flexibility index (Phi) is 7.01. The first-order chi connectivity index (χ1) is 12.3. The molecule has 0 unspecified atom stereocenters. The summed E-state index contributed by atoms with van der Waals surface area (Å²) in [5, 5.41) is 0. The summed E-state index contributed by atoms with van der Waals surface area (Å²) in [6, 6.07) is 6.24. The summed E-state index contributed by atoms with van der Waals surface area (Å²) >= 11 is 3.26. The molecule has 144 valence electrons. The number of nitrogens with zero attached hydrogens (tertiary/aromatic N) is 3. The smallest absolute Gasteiger partial charge is 0.409 e. The number of hydrogen-bond acceptors (Lipinski definition) is 5. The van der Waals surface area contributed by atoms with E-state index in [4.69, 9.17) is 4.74 Å². The van der Waals surface area contributed by atoms with E-state index >= 15 is 0 Å². The van der Waals surface area contributed by atoms with Crippen LogP contribution in [-0.4, -0.2) is 80.9 Å². The molecule has 1 heterocycles. The number of piperazine rings is 1. The van der Waals surface area contributed by atoms with Gasteiger partial charge in [-0.15, -0.1) is 0 Å². The largest absolute Gasteiger partial charge is 0.450 e. The van der Waals surface area contributed by atoms with Gasteiger partial charge in [0.25, 0.3) is 0 Å². The van der Waals surface area contributed by atoms with E-state index in [0.717, 1.165) is 8.78 Å². The molecule has 0 aromatic heterocycles. The molecule has 0 bridgehead atoms. The Morgan fingerprint density at radius 3 is 2.19 bits per heavy atom. The average Bonchev–Trinajstić information content (AvgIpc) is 2.62. The van der Waals surface area contributed by atoms with Crippen molar-refractivity contribution in [3.63, 3.8) is 0 Å². The molecule has 2 rings (SSSR count). The number of carbonyl (C=O) groups is 2. The van der Waals surface area contributed by atoms with Gasteiger partial charge < -0.3 is 14.5 Å². The van der Waals surface area contributed by atoms with Crippen LogP contribution in [0.25, 0.3) is 0 Å². The highest BCUT2D eigenvalue weighted by Crippen LogP contribution is 2.18. The second-order valence-corrected chi connectivity index (χ2v) is 8.74. The van der Waals surface area contributed by atoms with Crippen LogP contribution in [0.3, 0.4) is 0 Å². The maximum atomic E-state index is 12.5. The van der Waals surface area contributed by atoms with Gasteiger partial charge in [-0.25, -0.2) is 13.2 Å². The van der Waals surface area contributed by atoms with Crippen molar-refractivity contribution in [2.75, 3.05) is 46.4 Å². The number of amides is 2. The van der Waals surface area contributed by atoms with E-state index < -0.39 is 16.1 Å². The predicted molar refractivity (Wildman–Crippen MR) is 99.1 cm³/mol. The molecule has 0 radical (unpaired) electrons. The minimum Gasteiger partial charge on any atom is -0.450 e. The first kappa shape index (κ1) is 20.7. The lowest BCUT2D eigenvalue weighted by molar-refractivity contribution is -0.132. The Hall–Kier alpha value is -1.65. The van der Waals surface area contributed by atoms with Crippen LogP contribution in [0.15, 0.2) is 33.6 Å². The van der Waals surface area contributed by atoms with E-state index in [-0.39, 0.29) is 17.3 Å². The maximum Gasteiger partial charge on any atom is 0.409 e. The zero-order chi connectivity index (χ0) is 19.3. The summed E-state index contributed by atoms with van der Waals surface area (Å²) in [6.07, 6.45) is -0.394. The van der Waals surface area contributed by atoms with Crippen LogP contribution < -0.4 is 0 Å². The fourth-order valence-electron chi connectivity index (χ4n) is 2.52. The van der Waals surface area contributed by atoms with E-state index in [1.165, 1.54) is 24.1 Å². The zero-order valence-electron chi connectivity index (χ0n) is 14.7. The standard InChI is InChI=1S/C16H22BrN3O5S/c1-3-25-16(22)20-10-8-19(9-11-20)15(21)12-18(2)26(23,24)14-6-4-13(17)5-7-14/h4-7H,3,8-12H2,1-2H3. The van der Waals surface area contributed by atoms with Gasteiger partial charge in [0, 0.05) is 37.7 Å². The highest BCUT2D eigenvalue weighted by molar-refractivity contribution is 9.10. The third kappa shape index (κ3) is 4.95. The Balaban J connectivity index is 1.93. The minimum absolute atomic E-state index is 0.128. The lowest BCUT2D eigenvalue weighted by Gasteiger charge is -2.34. The number of halogens is 1. The van der Waals surface area contributed by atoms with Crippen molar-refractivity contribution >= 4 is 38.0 Å². The zero-order valence-corrected chi connectivity index (χ0v) is 17.1. The molecule has 0 spiro atoms. The summed E-state index contributed by atoms with van der Waals surface area (Å²) in [6.45, 7) is 3.23. The summed E-state index contributed by atoms with van der Waals surface area (Å²) < 4.78 is 31.8. The van der Waals surface area contributed by atoms with E-state index in [9.17, 15) is 18.0 Å². The SMILES string of the molecule is CCOC(=O)N1CCN(C(=O)CN(C)S(=O)(=O)c2ccc(Br)cc2)CC1. The number of benzene rings is 1. The van der Waals surface area contributed by atoms with Crippen molar-refractivity contribution in [3.8, 4) is 0 Å². The van der Waals surface area contributed by atoms with Gasteiger partial charge in [-0.3, -0.25) is 4.79 Å². The molecule has 2 amide bonds. The Labute approximate surface area is 161 Å². The first-order valence-electron chi connectivity index (χ1n) is 8.17. The molecular formula is C16H22BrN3O5S. The van der Waals surface area contributed by atoms with Crippen LogP contribution in [0.1, 0.15) is 6.92 Å². The summed E-state index contributed by atoms with van der Waals surface area (Å²) in [5.74, 6) is -0.295. The van der Waals surface area contributed by atoms with Crippen LogP contribution in [0.2, 0.25) is 0 Å². The molecule has 1 aromatic carbocycles. The van der Waals surface area contributed by atoms with Gasteiger partial charge in [0.15, 0.2) is 0 Å². The van der Waals surface area contributed by atoms with Gasteiger partial charge in [0.05, 0.1) is 18.0 Å². The van der Waals surface area contributed by atoms with Gasteiger partial charge in [-0.05, 0) is 31.2 Å². The van der Waals surface area contributed by atoms with Crippen LogP contribution >= 0.6 is 15.9 Å².